The zero-order chi connectivity index (χ0) is 13.8. The molecule has 0 aliphatic heterocycles. The summed E-state index contributed by atoms with van der Waals surface area (Å²) < 4.78 is 5.06. The molecule has 0 saturated carbocycles. The van der Waals surface area contributed by atoms with Crippen molar-refractivity contribution >= 4 is 11.8 Å². The molecule has 108 valence electrons. The molecule has 0 heterocycles. The summed E-state index contributed by atoms with van der Waals surface area (Å²) in [7, 11) is 1.75. The molecule has 0 aliphatic carbocycles. The molecule has 0 bridgehead atoms. The molecule has 1 rings (SSSR count). The van der Waals surface area contributed by atoms with Crippen molar-refractivity contribution in [1.82, 2.24) is 5.32 Å². The first-order valence-corrected chi connectivity index (χ1v) is 8.22. The van der Waals surface area contributed by atoms with E-state index in [1.807, 2.05) is 11.8 Å². The normalized spacial score (nSPS) is 12.5. The van der Waals surface area contributed by atoms with Crippen LogP contribution >= 0.6 is 11.8 Å². The number of methoxy groups -OCH3 is 1. The van der Waals surface area contributed by atoms with Gasteiger partial charge in [-0.3, -0.25) is 0 Å². The van der Waals surface area contributed by atoms with E-state index in [9.17, 15) is 0 Å². The molecule has 1 atom stereocenters. The van der Waals surface area contributed by atoms with Gasteiger partial charge in [0.15, 0.2) is 0 Å². The summed E-state index contributed by atoms with van der Waals surface area (Å²) in [6, 6.07) is 10.7. The molecule has 0 amide bonds. The maximum absolute atomic E-state index is 5.06. The Morgan fingerprint density at radius 3 is 2.68 bits per heavy atom. The minimum absolute atomic E-state index is 0.790. The zero-order valence-corrected chi connectivity index (χ0v) is 13.0. The lowest BCUT2D eigenvalue weighted by atomic mass is 10.0. The average molecular weight is 281 g/mol. The second-order valence-corrected chi connectivity index (χ2v) is 5.97. The summed E-state index contributed by atoms with van der Waals surface area (Å²) >= 11 is 1.97. The predicted octanol–water partition coefficient (Wildman–Crippen LogP) is 3.82. The highest BCUT2D eigenvalue weighted by atomic mass is 32.2. The summed E-state index contributed by atoms with van der Waals surface area (Å²) in [6.45, 7) is 5.15. The fourth-order valence-corrected chi connectivity index (χ4v) is 3.13. The molecular weight excluding hydrogens is 254 g/mol. The lowest BCUT2D eigenvalue weighted by Crippen LogP contribution is -2.26. The standard InChI is InChI=1S/C16H27NOS/c1-3-7-15(14-17-11-12-18-2)10-13-19-16-8-5-4-6-9-16/h4-6,8-9,15,17H,3,7,10-14H2,1-2H3. The van der Waals surface area contributed by atoms with Crippen LogP contribution in [-0.4, -0.2) is 32.6 Å². The van der Waals surface area contributed by atoms with Crippen molar-refractivity contribution in [2.75, 3.05) is 32.6 Å². The Morgan fingerprint density at radius 2 is 2.00 bits per heavy atom. The van der Waals surface area contributed by atoms with E-state index >= 15 is 0 Å². The number of benzene rings is 1. The van der Waals surface area contributed by atoms with Crippen LogP contribution in [0.15, 0.2) is 35.2 Å². The average Bonchev–Trinajstić information content (AvgIpc) is 2.44. The molecule has 1 aromatic carbocycles. The van der Waals surface area contributed by atoms with E-state index in [1.165, 1.54) is 29.9 Å². The molecule has 3 heteroatoms. The number of thioether (sulfide) groups is 1. The van der Waals surface area contributed by atoms with Gasteiger partial charge in [-0.2, -0.15) is 0 Å². The third-order valence-electron chi connectivity index (χ3n) is 3.15. The van der Waals surface area contributed by atoms with E-state index in [0.29, 0.717) is 0 Å². The number of hydrogen-bond acceptors (Lipinski definition) is 3. The van der Waals surface area contributed by atoms with Crippen LogP contribution in [0.2, 0.25) is 0 Å². The van der Waals surface area contributed by atoms with Gasteiger partial charge < -0.3 is 10.1 Å². The molecule has 1 N–H and O–H groups in total. The molecule has 2 nitrogen and oxygen atoms in total. The maximum atomic E-state index is 5.06. The summed E-state index contributed by atoms with van der Waals surface area (Å²) in [6.07, 6.45) is 3.87. The van der Waals surface area contributed by atoms with Crippen LogP contribution in [0.5, 0.6) is 0 Å². The lowest BCUT2D eigenvalue weighted by molar-refractivity contribution is 0.197. The number of nitrogens with one attached hydrogen (secondary N) is 1. The maximum Gasteiger partial charge on any atom is 0.0587 e. The SMILES string of the molecule is CCCC(CCSc1ccccc1)CNCCOC. The first kappa shape index (κ1) is 16.5. The summed E-state index contributed by atoms with van der Waals surface area (Å²) in [5.41, 5.74) is 0. The summed E-state index contributed by atoms with van der Waals surface area (Å²) in [5.74, 6) is 2.00. The molecule has 1 aromatic rings. The molecular formula is C16H27NOS. The first-order valence-electron chi connectivity index (χ1n) is 7.24. The van der Waals surface area contributed by atoms with Gasteiger partial charge >= 0.3 is 0 Å². The monoisotopic (exact) mass is 281 g/mol. The fourth-order valence-electron chi connectivity index (χ4n) is 2.10. The number of hydrogen-bond donors (Lipinski definition) is 1. The molecule has 0 fully saturated rings. The van der Waals surface area contributed by atoms with Crippen LogP contribution in [0.4, 0.5) is 0 Å². The first-order chi connectivity index (χ1) is 9.36. The highest BCUT2D eigenvalue weighted by Gasteiger charge is 2.07. The topological polar surface area (TPSA) is 21.3 Å². The van der Waals surface area contributed by atoms with Crippen LogP contribution in [0.1, 0.15) is 26.2 Å². The summed E-state index contributed by atoms with van der Waals surface area (Å²) in [5, 5.41) is 3.49. The minimum Gasteiger partial charge on any atom is -0.383 e. The molecule has 0 aliphatic rings. The van der Waals surface area contributed by atoms with Crippen LogP contribution in [-0.2, 0) is 4.74 Å². The van der Waals surface area contributed by atoms with E-state index in [1.54, 1.807) is 7.11 Å². The Kier molecular flexibility index (Phi) is 9.86. The van der Waals surface area contributed by atoms with E-state index in [4.69, 9.17) is 4.74 Å². The van der Waals surface area contributed by atoms with Gasteiger partial charge in [-0.05, 0) is 43.2 Å². The lowest BCUT2D eigenvalue weighted by Gasteiger charge is -2.16. The Balaban J connectivity index is 2.17. The largest absolute Gasteiger partial charge is 0.383 e. The predicted molar refractivity (Wildman–Crippen MR) is 84.9 cm³/mol. The quantitative estimate of drug-likeness (QED) is 0.492. The van der Waals surface area contributed by atoms with Gasteiger partial charge in [0.25, 0.3) is 0 Å². The molecule has 1 unspecified atom stereocenters. The molecule has 0 aromatic heterocycles. The highest BCUT2D eigenvalue weighted by Crippen LogP contribution is 2.21. The Hall–Kier alpha value is -0.510. The number of rotatable bonds is 11. The molecule has 0 spiro atoms. The van der Waals surface area contributed by atoms with E-state index in [0.717, 1.165) is 25.6 Å². The highest BCUT2D eigenvalue weighted by molar-refractivity contribution is 7.99. The third-order valence-corrected chi connectivity index (χ3v) is 4.20. The van der Waals surface area contributed by atoms with Crippen LogP contribution < -0.4 is 5.32 Å². The van der Waals surface area contributed by atoms with Crippen molar-refractivity contribution in [1.29, 1.82) is 0 Å². The Morgan fingerprint density at radius 1 is 1.21 bits per heavy atom. The van der Waals surface area contributed by atoms with Crippen molar-refractivity contribution in [3.63, 3.8) is 0 Å². The van der Waals surface area contributed by atoms with E-state index in [-0.39, 0.29) is 0 Å². The zero-order valence-electron chi connectivity index (χ0n) is 12.2. The second kappa shape index (κ2) is 11.3. The Labute approximate surface area is 122 Å². The van der Waals surface area contributed by atoms with Gasteiger partial charge in [0, 0.05) is 18.6 Å². The van der Waals surface area contributed by atoms with Gasteiger partial charge in [-0.25, -0.2) is 0 Å². The third kappa shape index (κ3) is 8.30. The van der Waals surface area contributed by atoms with E-state index in [2.05, 4.69) is 42.6 Å². The molecule has 19 heavy (non-hydrogen) atoms. The smallest absolute Gasteiger partial charge is 0.0587 e. The minimum atomic E-state index is 0.790. The van der Waals surface area contributed by atoms with Gasteiger partial charge in [0.05, 0.1) is 6.61 Å². The van der Waals surface area contributed by atoms with E-state index < -0.39 is 0 Å². The van der Waals surface area contributed by atoms with Crippen LogP contribution in [0.3, 0.4) is 0 Å². The molecule has 0 radical (unpaired) electrons. The summed E-state index contributed by atoms with van der Waals surface area (Å²) in [4.78, 5) is 1.38. The van der Waals surface area contributed by atoms with Gasteiger partial charge in [-0.1, -0.05) is 31.5 Å². The van der Waals surface area contributed by atoms with Crippen molar-refractivity contribution in [3.05, 3.63) is 30.3 Å². The fraction of sp³-hybridized carbons (Fsp3) is 0.625. The van der Waals surface area contributed by atoms with Gasteiger partial charge in [0.2, 0.25) is 0 Å². The van der Waals surface area contributed by atoms with Crippen molar-refractivity contribution < 1.29 is 4.74 Å². The second-order valence-electron chi connectivity index (χ2n) is 4.80. The van der Waals surface area contributed by atoms with Crippen LogP contribution in [0.25, 0.3) is 0 Å². The van der Waals surface area contributed by atoms with Crippen molar-refractivity contribution in [2.24, 2.45) is 5.92 Å². The number of ether oxygens (including phenoxy) is 1. The molecule has 0 saturated heterocycles. The Bertz CT molecular complexity index is 305. The van der Waals surface area contributed by atoms with Crippen molar-refractivity contribution in [3.8, 4) is 0 Å². The van der Waals surface area contributed by atoms with Gasteiger partial charge in [-0.15, -0.1) is 11.8 Å². The van der Waals surface area contributed by atoms with Crippen molar-refractivity contribution in [2.45, 2.75) is 31.1 Å². The van der Waals surface area contributed by atoms with Crippen LogP contribution in [0, 0.1) is 5.92 Å². The van der Waals surface area contributed by atoms with Gasteiger partial charge in [0.1, 0.15) is 0 Å².